The average Bonchev–Trinajstić information content (AvgIpc) is 2.34. The van der Waals surface area contributed by atoms with Crippen molar-refractivity contribution in [2.75, 3.05) is 46.3 Å². The van der Waals surface area contributed by atoms with Gasteiger partial charge >= 0.3 is 0 Å². The zero-order valence-corrected chi connectivity index (χ0v) is 11.3. The van der Waals surface area contributed by atoms with Gasteiger partial charge in [-0.25, -0.2) is 0 Å². The molecule has 0 spiro atoms. The largest absolute Gasteiger partial charge is 0.313 e. The number of piperidine rings is 1. The van der Waals surface area contributed by atoms with Crippen molar-refractivity contribution in [3.63, 3.8) is 0 Å². The van der Waals surface area contributed by atoms with Crippen LogP contribution in [0.4, 0.5) is 0 Å². The molecule has 0 aromatic heterocycles. The molecule has 0 aliphatic carbocycles. The molecule has 3 heteroatoms. The van der Waals surface area contributed by atoms with E-state index in [1.807, 2.05) is 0 Å². The van der Waals surface area contributed by atoms with E-state index in [0.29, 0.717) is 0 Å². The Balaban J connectivity index is 2.17. The molecule has 0 aromatic rings. The summed E-state index contributed by atoms with van der Waals surface area (Å²) in [6, 6.07) is 0.737. The molecule has 0 saturated carbocycles. The predicted molar refractivity (Wildman–Crippen MR) is 70.9 cm³/mol. The van der Waals surface area contributed by atoms with Gasteiger partial charge in [0.1, 0.15) is 0 Å². The van der Waals surface area contributed by atoms with E-state index in [2.05, 4.69) is 36.0 Å². The number of likely N-dealkylation sites (N-methyl/N-ethyl adjacent to an activating group) is 1. The van der Waals surface area contributed by atoms with Crippen LogP contribution in [0.1, 0.15) is 33.1 Å². The van der Waals surface area contributed by atoms with Crippen LogP contribution in [0.25, 0.3) is 0 Å². The summed E-state index contributed by atoms with van der Waals surface area (Å²) >= 11 is 0. The highest BCUT2D eigenvalue weighted by Gasteiger charge is 2.18. The lowest BCUT2D eigenvalue weighted by Gasteiger charge is -2.34. The van der Waals surface area contributed by atoms with E-state index in [1.165, 1.54) is 52.0 Å². The molecule has 1 aliphatic rings. The molecule has 0 amide bonds. The third-order valence-electron chi connectivity index (χ3n) is 3.53. The van der Waals surface area contributed by atoms with Crippen molar-refractivity contribution < 1.29 is 0 Å². The summed E-state index contributed by atoms with van der Waals surface area (Å²) in [5.74, 6) is 0. The number of nitrogens with zero attached hydrogens (tertiary/aromatic N) is 2. The van der Waals surface area contributed by atoms with Crippen LogP contribution in [0.5, 0.6) is 0 Å². The molecule has 1 fully saturated rings. The molecule has 1 heterocycles. The Hall–Kier alpha value is -0.120. The first-order valence-electron chi connectivity index (χ1n) is 6.90. The van der Waals surface area contributed by atoms with Gasteiger partial charge in [-0.05, 0) is 45.9 Å². The fourth-order valence-electron chi connectivity index (χ4n) is 2.24. The molecule has 0 bridgehead atoms. The molecule has 1 unspecified atom stereocenters. The first-order valence-corrected chi connectivity index (χ1v) is 6.90. The maximum absolute atomic E-state index is 3.65. The first-order chi connectivity index (χ1) is 7.76. The Labute approximate surface area is 101 Å². The highest BCUT2D eigenvalue weighted by molar-refractivity contribution is 4.78. The number of likely N-dealkylation sites (tertiary alicyclic amines) is 1. The lowest BCUT2D eigenvalue weighted by Crippen LogP contribution is -2.47. The van der Waals surface area contributed by atoms with E-state index >= 15 is 0 Å². The fourth-order valence-corrected chi connectivity index (χ4v) is 2.24. The molecule has 16 heavy (non-hydrogen) atoms. The van der Waals surface area contributed by atoms with Gasteiger partial charge in [0.25, 0.3) is 0 Å². The van der Waals surface area contributed by atoms with Crippen molar-refractivity contribution >= 4 is 0 Å². The van der Waals surface area contributed by atoms with E-state index in [4.69, 9.17) is 0 Å². The molecule has 1 aliphatic heterocycles. The minimum atomic E-state index is 0.737. The summed E-state index contributed by atoms with van der Waals surface area (Å²) in [4.78, 5) is 5.01. The number of hydrogen-bond donors (Lipinski definition) is 1. The van der Waals surface area contributed by atoms with Crippen molar-refractivity contribution in [3.8, 4) is 0 Å². The maximum atomic E-state index is 3.65. The summed E-state index contributed by atoms with van der Waals surface area (Å²) in [7, 11) is 2.21. The van der Waals surface area contributed by atoms with Crippen LogP contribution in [0.15, 0.2) is 0 Å². The van der Waals surface area contributed by atoms with Gasteiger partial charge in [0.15, 0.2) is 0 Å². The second-order valence-corrected chi connectivity index (χ2v) is 4.99. The lowest BCUT2D eigenvalue weighted by molar-refractivity contribution is 0.171. The quantitative estimate of drug-likeness (QED) is 0.709. The summed E-state index contributed by atoms with van der Waals surface area (Å²) < 4.78 is 0. The van der Waals surface area contributed by atoms with Crippen LogP contribution >= 0.6 is 0 Å². The second kappa shape index (κ2) is 8.04. The molecule has 0 radical (unpaired) electrons. The molecular formula is C13H29N3. The molecule has 1 atom stereocenters. The van der Waals surface area contributed by atoms with Gasteiger partial charge in [-0.2, -0.15) is 0 Å². The van der Waals surface area contributed by atoms with Crippen molar-refractivity contribution in [3.05, 3.63) is 0 Å². The highest BCUT2D eigenvalue weighted by Crippen LogP contribution is 2.09. The Morgan fingerprint density at radius 1 is 1.38 bits per heavy atom. The third kappa shape index (κ3) is 5.28. The zero-order chi connectivity index (χ0) is 11.8. The van der Waals surface area contributed by atoms with Crippen LogP contribution in [-0.4, -0.2) is 62.2 Å². The molecule has 0 aromatic carbocycles. The normalized spacial score (nSPS) is 22.9. The van der Waals surface area contributed by atoms with Crippen LogP contribution in [-0.2, 0) is 0 Å². The Bertz CT molecular complexity index is 173. The Kier molecular flexibility index (Phi) is 7.01. The molecule has 3 nitrogen and oxygen atoms in total. The molecule has 96 valence electrons. The topological polar surface area (TPSA) is 18.5 Å². The van der Waals surface area contributed by atoms with Gasteiger partial charge in [0, 0.05) is 25.7 Å². The second-order valence-electron chi connectivity index (χ2n) is 4.99. The monoisotopic (exact) mass is 227 g/mol. The smallest absolute Gasteiger partial charge is 0.0195 e. The average molecular weight is 227 g/mol. The summed E-state index contributed by atoms with van der Waals surface area (Å²) in [6.07, 6.45) is 3.96. The molecular weight excluding hydrogens is 198 g/mol. The third-order valence-corrected chi connectivity index (χ3v) is 3.53. The van der Waals surface area contributed by atoms with Crippen LogP contribution in [0.2, 0.25) is 0 Å². The predicted octanol–water partition coefficient (Wildman–Crippen LogP) is 1.40. The van der Waals surface area contributed by atoms with Gasteiger partial charge in [0.2, 0.25) is 0 Å². The maximum Gasteiger partial charge on any atom is 0.0195 e. The number of rotatable bonds is 7. The Morgan fingerprint density at radius 3 is 2.88 bits per heavy atom. The van der Waals surface area contributed by atoms with E-state index in [-0.39, 0.29) is 0 Å². The number of hydrogen-bond acceptors (Lipinski definition) is 3. The van der Waals surface area contributed by atoms with E-state index in [9.17, 15) is 0 Å². The van der Waals surface area contributed by atoms with E-state index < -0.39 is 0 Å². The number of nitrogens with one attached hydrogen (secondary N) is 1. The minimum absolute atomic E-state index is 0.737. The van der Waals surface area contributed by atoms with Crippen LogP contribution in [0, 0.1) is 0 Å². The minimum Gasteiger partial charge on any atom is -0.313 e. The fraction of sp³-hybridized carbons (Fsp3) is 1.00. The van der Waals surface area contributed by atoms with Crippen LogP contribution < -0.4 is 5.32 Å². The van der Waals surface area contributed by atoms with Gasteiger partial charge in [-0.1, -0.05) is 13.8 Å². The van der Waals surface area contributed by atoms with Crippen molar-refractivity contribution in [2.45, 2.75) is 39.2 Å². The zero-order valence-electron chi connectivity index (χ0n) is 11.3. The standard InChI is InChI=1S/C13H29N3/c1-4-8-14-13-7-6-9-16(12-13)11-10-15(3)5-2/h13-14H,4-12H2,1-3H3. The SMILES string of the molecule is CCCNC1CCCN(CCN(C)CC)C1. The van der Waals surface area contributed by atoms with Gasteiger partial charge in [-0.3, -0.25) is 0 Å². The highest BCUT2D eigenvalue weighted by atomic mass is 15.2. The van der Waals surface area contributed by atoms with Crippen LogP contribution in [0.3, 0.4) is 0 Å². The van der Waals surface area contributed by atoms with Gasteiger partial charge < -0.3 is 15.1 Å². The van der Waals surface area contributed by atoms with Crippen molar-refractivity contribution in [2.24, 2.45) is 0 Å². The van der Waals surface area contributed by atoms with Crippen molar-refractivity contribution in [1.82, 2.24) is 15.1 Å². The van der Waals surface area contributed by atoms with E-state index in [0.717, 1.165) is 12.6 Å². The van der Waals surface area contributed by atoms with Gasteiger partial charge in [-0.15, -0.1) is 0 Å². The molecule has 1 saturated heterocycles. The summed E-state index contributed by atoms with van der Waals surface area (Å²) in [6.45, 7) is 11.8. The van der Waals surface area contributed by atoms with E-state index in [1.54, 1.807) is 0 Å². The lowest BCUT2D eigenvalue weighted by atomic mass is 10.1. The molecule has 1 rings (SSSR count). The summed E-state index contributed by atoms with van der Waals surface area (Å²) in [5.41, 5.74) is 0. The Morgan fingerprint density at radius 2 is 2.19 bits per heavy atom. The van der Waals surface area contributed by atoms with Gasteiger partial charge in [0.05, 0.1) is 0 Å². The molecule has 1 N–H and O–H groups in total. The first kappa shape index (κ1) is 13.9. The summed E-state index contributed by atoms with van der Waals surface area (Å²) in [5, 5.41) is 3.65. The van der Waals surface area contributed by atoms with Crippen molar-refractivity contribution in [1.29, 1.82) is 0 Å².